The van der Waals surface area contributed by atoms with Gasteiger partial charge in [-0.1, -0.05) is 0 Å². The summed E-state index contributed by atoms with van der Waals surface area (Å²) in [6, 6.07) is 0. The van der Waals surface area contributed by atoms with Gasteiger partial charge in [-0.05, 0) is 6.92 Å². The number of ether oxygens (including phenoxy) is 1. The minimum atomic E-state index is -1.17. The van der Waals surface area contributed by atoms with Gasteiger partial charge in [-0.3, -0.25) is 4.57 Å². The van der Waals surface area contributed by atoms with E-state index in [1.54, 1.807) is 4.57 Å². The van der Waals surface area contributed by atoms with Gasteiger partial charge in [0.05, 0.1) is 12.9 Å². The molecule has 0 radical (unpaired) electrons. The monoisotopic (exact) mass is 309 g/mol. The van der Waals surface area contributed by atoms with Crippen LogP contribution in [0, 0.1) is 0 Å². The molecule has 9 heteroatoms. The number of hydrogen-bond donors (Lipinski definition) is 3. The standard InChI is InChI=1S/C13H19N5O4/c1-3-17(2)11-8-12(15-5-14-11)18(6-16-8)13-10(21)9(20)7(4-19)22-13/h5-7,9-10,13,19-21H,3-4H2,1-2H3/t7-,9-,10-,13?/m1/s1. The second-order valence-electron chi connectivity index (χ2n) is 5.26. The summed E-state index contributed by atoms with van der Waals surface area (Å²) >= 11 is 0. The third-order valence-corrected chi connectivity index (χ3v) is 3.97. The number of rotatable bonds is 4. The van der Waals surface area contributed by atoms with Crippen molar-refractivity contribution in [2.24, 2.45) is 0 Å². The number of aromatic nitrogens is 4. The molecule has 3 heterocycles. The summed E-state index contributed by atoms with van der Waals surface area (Å²) < 4.78 is 7.06. The Kier molecular flexibility index (Phi) is 3.96. The van der Waals surface area contributed by atoms with Gasteiger partial charge in [-0.2, -0.15) is 0 Å². The average molecular weight is 309 g/mol. The van der Waals surface area contributed by atoms with Crippen LogP contribution in [-0.4, -0.2) is 73.3 Å². The molecule has 2 aromatic rings. The maximum Gasteiger partial charge on any atom is 0.167 e. The highest BCUT2D eigenvalue weighted by molar-refractivity contribution is 5.83. The van der Waals surface area contributed by atoms with Gasteiger partial charge in [0, 0.05) is 13.6 Å². The number of aliphatic hydroxyl groups excluding tert-OH is 3. The van der Waals surface area contributed by atoms with Crippen LogP contribution in [0.25, 0.3) is 11.2 Å². The quantitative estimate of drug-likeness (QED) is 0.651. The predicted molar refractivity (Wildman–Crippen MR) is 77.3 cm³/mol. The molecule has 1 aliphatic rings. The number of hydrogen-bond acceptors (Lipinski definition) is 8. The Morgan fingerprint density at radius 2 is 2.05 bits per heavy atom. The Hall–Kier alpha value is -1.81. The van der Waals surface area contributed by atoms with Crippen LogP contribution in [0.1, 0.15) is 13.2 Å². The van der Waals surface area contributed by atoms with Crippen molar-refractivity contribution in [3.05, 3.63) is 12.7 Å². The number of fused-ring (bicyclic) bond motifs is 1. The zero-order valence-corrected chi connectivity index (χ0v) is 12.4. The summed E-state index contributed by atoms with van der Waals surface area (Å²) in [5.74, 6) is 0.679. The van der Waals surface area contributed by atoms with E-state index in [2.05, 4.69) is 15.0 Å². The topological polar surface area (TPSA) is 117 Å². The van der Waals surface area contributed by atoms with Crippen molar-refractivity contribution in [2.75, 3.05) is 25.1 Å². The molecule has 0 aliphatic carbocycles. The lowest BCUT2D eigenvalue weighted by Crippen LogP contribution is -2.33. The van der Waals surface area contributed by atoms with E-state index >= 15 is 0 Å². The van der Waals surface area contributed by atoms with Gasteiger partial charge in [-0.15, -0.1) is 0 Å². The minimum Gasteiger partial charge on any atom is -0.394 e. The van der Waals surface area contributed by atoms with Crippen molar-refractivity contribution in [3.8, 4) is 0 Å². The Balaban J connectivity index is 2.03. The first-order valence-electron chi connectivity index (χ1n) is 7.09. The van der Waals surface area contributed by atoms with E-state index in [1.165, 1.54) is 12.7 Å². The molecule has 1 fully saturated rings. The Morgan fingerprint density at radius 3 is 2.68 bits per heavy atom. The maximum absolute atomic E-state index is 10.1. The normalized spacial score (nSPS) is 28.4. The number of anilines is 1. The van der Waals surface area contributed by atoms with Crippen LogP contribution < -0.4 is 4.90 Å². The van der Waals surface area contributed by atoms with Crippen molar-refractivity contribution < 1.29 is 20.1 Å². The van der Waals surface area contributed by atoms with Gasteiger partial charge in [0.15, 0.2) is 23.2 Å². The van der Waals surface area contributed by atoms with Crippen LogP contribution in [0.4, 0.5) is 5.82 Å². The first kappa shape index (κ1) is 15.1. The van der Waals surface area contributed by atoms with Crippen LogP contribution >= 0.6 is 0 Å². The van der Waals surface area contributed by atoms with E-state index in [4.69, 9.17) is 4.74 Å². The SMILES string of the molecule is CCN(C)c1ncnc2c1ncn2C1O[C@H](CO)[C@@H](O)[C@H]1O. The molecule has 1 aliphatic heterocycles. The highest BCUT2D eigenvalue weighted by Gasteiger charge is 2.44. The predicted octanol–water partition coefficient (Wildman–Crippen LogP) is -1.11. The second kappa shape index (κ2) is 5.76. The number of aliphatic hydroxyl groups is 3. The molecule has 3 N–H and O–H groups in total. The molecule has 4 atom stereocenters. The second-order valence-corrected chi connectivity index (χ2v) is 5.26. The smallest absolute Gasteiger partial charge is 0.167 e. The maximum atomic E-state index is 10.1. The van der Waals surface area contributed by atoms with Gasteiger partial charge < -0.3 is 25.0 Å². The zero-order valence-electron chi connectivity index (χ0n) is 12.4. The molecule has 0 saturated carbocycles. The molecule has 2 aromatic heterocycles. The molecule has 0 spiro atoms. The van der Waals surface area contributed by atoms with Crippen molar-refractivity contribution in [1.82, 2.24) is 19.5 Å². The minimum absolute atomic E-state index is 0.375. The van der Waals surface area contributed by atoms with Crippen molar-refractivity contribution in [3.63, 3.8) is 0 Å². The van der Waals surface area contributed by atoms with Gasteiger partial charge >= 0.3 is 0 Å². The molecule has 1 unspecified atom stereocenters. The van der Waals surface area contributed by atoms with E-state index in [9.17, 15) is 15.3 Å². The highest BCUT2D eigenvalue weighted by Crippen LogP contribution is 2.32. The lowest BCUT2D eigenvalue weighted by Gasteiger charge is -2.18. The fraction of sp³-hybridized carbons (Fsp3) is 0.615. The summed E-state index contributed by atoms with van der Waals surface area (Å²) in [7, 11) is 1.90. The lowest BCUT2D eigenvalue weighted by molar-refractivity contribution is -0.0511. The lowest BCUT2D eigenvalue weighted by atomic mass is 10.1. The Morgan fingerprint density at radius 1 is 1.27 bits per heavy atom. The van der Waals surface area contributed by atoms with Crippen LogP contribution in [0.15, 0.2) is 12.7 Å². The zero-order chi connectivity index (χ0) is 15.9. The summed E-state index contributed by atoms with van der Waals surface area (Å²) in [6.45, 7) is 2.38. The summed E-state index contributed by atoms with van der Waals surface area (Å²) in [6.07, 6.45) is -1.11. The first-order valence-corrected chi connectivity index (χ1v) is 7.09. The molecule has 1 saturated heterocycles. The van der Waals surface area contributed by atoms with Gasteiger partial charge in [0.25, 0.3) is 0 Å². The number of imidazole rings is 1. The molecule has 120 valence electrons. The molecule has 0 bridgehead atoms. The molecule has 3 rings (SSSR count). The fourth-order valence-electron chi connectivity index (χ4n) is 2.56. The first-order chi connectivity index (χ1) is 10.6. The van der Waals surface area contributed by atoms with Crippen molar-refractivity contribution >= 4 is 17.0 Å². The molecule has 9 nitrogen and oxygen atoms in total. The molecule has 0 aromatic carbocycles. The molecular formula is C13H19N5O4. The molecule has 0 amide bonds. The summed E-state index contributed by atoms with van der Waals surface area (Å²) in [4.78, 5) is 14.7. The fourth-order valence-corrected chi connectivity index (χ4v) is 2.56. The van der Waals surface area contributed by atoms with Crippen molar-refractivity contribution in [2.45, 2.75) is 31.5 Å². The largest absolute Gasteiger partial charge is 0.394 e. The van der Waals surface area contributed by atoms with E-state index in [0.29, 0.717) is 17.0 Å². The summed E-state index contributed by atoms with van der Waals surface area (Å²) in [5, 5.41) is 29.2. The van der Waals surface area contributed by atoms with Gasteiger partial charge in [0.1, 0.15) is 24.6 Å². The molecular weight excluding hydrogens is 290 g/mol. The number of nitrogens with zero attached hydrogens (tertiary/aromatic N) is 5. The van der Waals surface area contributed by atoms with Crippen LogP contribution in [0.5, 0.6) is 0 Å². The molecule has 22 heavy (non-hydrogen) atoms. The average Bonchev–Trinajstić information content (AvgIpc) is 3.08. The van der Waals surface area contributed by atoms with E-state index in [1.807, 2.05) is 18.9 Å². The van der Waals surface area contributed by atoms with Crippen LogP contribution in [0.2, 0.25) is 0 Å². The van der Waals surface area contributed by atoms with Crippen LogP contribution in [0.3, 0.4) is 0 Å². The van der Waals surface area contributed by atoms with Crippen LogP contribution in [-0.2, 0) is 4.74 Å². The van der Waals surface area contributed by atoms with Gasteiger partial charge in [0.2, 0.25) is 0 Å². The van der Waals surface area contributed by atoms with E-state index in [0.717, 1.165) is 6.54 Å². The third kappa shape index (κ3) is 2.22. The third-order valence-electron chi connectivity index (χ3n) is 3.97. The Labute approximate surface area is 126 Å². The van der Waals surface area contributed by atoms with E-state index < -0.39 is 24.5 Å². The van der Waals surface area contributed by atoms with Crippen molar-refractivity contribution in [1.29, 1.82) is 0 Å². The highest BCUT2D eigenvalue weighted by atomic mass is 16.6. The van der Waals surface area contributed by atoms with E-state index in [-0.39, 0.29) is 6.61 Å². The summed E-state index contributed by atoms with van der Waals surface area (Å²) in [5.41, 5.74) is 1.09. The Bertz CT molecular complexity index is 663. The van der Waals surface area contributed by atoms with Gasteiger partial charge in [-0.25, -0.2) is 15.0 Å².